The topological polar surface area (TPSA) is 22.4 Å². The molecule has 0 N–H and O–H groups in total. The maximum atomic E-state index is 5.32. The molecule has 0 aromatic carbocycles. The normalized spacial score (nSPS) is 23.2. The fourth-order valence-electron chi connectivity index (χ4n) is 1.69. The van der Waals surface area contributed by atoms with E-state index in [-0.39, 0.29) is 6.10 Å². The molecule has 1 aliphatic carbocycles. The predicted molar refractivity (Wildman–Crippen MR) is 41.4 cm³/mol. The van der Waals surface area contributed by atoms with Crippen LogP contribution in [0.2, 0.25) is 0 Å². The Morgan fingerprint density at radius 1 is 1.64 bits per heavy atom. The minimum absolute atomic E-state index is 0.275. The summed E-state index contributed by atoms with van der Waals surface area (Å²) < 4.78 is 10.6. The Bertz CT molecular complexity index is 239. The van der Waals surface area contributed by atoms with Crippen LogP contribution in [0.1, 0.15) is 30.3 Å². The SMILES string of the molecule is COC1CCCc2occc21. The van der Waals surface area contributed by atoms with Crippen molar-refractivity contribution in [3.8, 4) is 0 Å². The number of ether oxygens (including phenoxy) is 1. The van der Waals surface area contributed by atoms with Gasteiger partial charge in [-0.15, -0.1) is 0 Å². The van der Waals surface area contributed by atoms with Crippen molar-refractivity contribution >= 4 is 0 Å². The lowest BCUT2D eigenvalue weighted by atomic mass is 9.96. The van der Waals surface area contributed by atoms with Crippen LogP contribution >= 0.6 is 0 Å². The number of rotatable bonds is 1. The maximum absolute atomic E-state index is 5.32. The minimum atomic E-state index is 0.275. The van der Waals surface area contributed by atoms with Crippen LogP contribution in [-0.2, 0) is 11.2 Å². The first kappa shape index (κ1) is 6.92. The highest BCUT2D eigenvalue weighted by atomic mass is 16.5. The molecule has 1 aliphatic rings. The first-order chi connectivity index (χ1) is 5.42. The summed E-state index contributed by atoms with van der Waals surface area (Å²) in [7, 11) is 1.76. The summed E-state index contributed by atoms with van der Waals surface area (Å²) in [6, 6.07) is 2.02. The molecule has 0 aliphatic heterocycles. The molecule has 0 amide bonds. The summed E-state index contributed by atoms with van der Waals surface area (Å²) in [5.41, 5.74) is 1.25. The van der Waals surface area contributed by atoms with E-state index in [9.17, 15) is 0 Å². The summed E-state index contributed by atoms with van der Waals surface area (Å²) in [6.45, 7) is 0. The summed E-state index contributed by atoms with van der Waals surface area (Å²) in [6.07, 6.45) is 5.41. The average Bonchev–Trinajstić information content (AvgIpc) is 2.50. The molecule has 1 heterocycles. The Labute approximate surface area is 66.2 Å². The smallest absolute Gasteiger partial charge is 0.109 e. The molecule has 2 heteroatoms. The zero-order valence-corrected chi connectivity index (χ0v) is 6.67. The fraction of sp³-hybridized carbons (Fsp3) is 0.556. The number of hydrogen-bond acceptors (Lipinski definition) is 2. The highest BCUT2D eigenvalue weighted by molar-refractivity contribution is 5.22. The Kier molecular flexibility index (Phi) is 1.70. The largest absolute Gasteiger partial charge is 0.469 e. The van der Waals surface area contributed by atoms with E-state index in [1.54, 1.807) is 13.4 Å². The second-order valence-electron chi connectivity index (χ2n) is 2.92. The summed E-state index contributed by atoms with van der Waals surface area (Å²) in [4.78, 5) is 0. The summed E-state index contributed by atoms with van der Waals surface area (Å²) >= 11 is 0. The third-order valence-electron chi connectivity index (χ3n) is 2.28. The van der Waals surface area contributed by atoms with Gasteiger partial charge in [0.05, 0.1) is 12.4 Å². The molecule has 0 bridgehead atoms. The lowest BCUT2D eigenvalue weighted by Gasteiger charge is -2.19. The first-order valence-corrected chi connectivity index (χ1v) is 4.01. The van der Waals surface area contributed by atoms with Gasteiger partial charge >= 0.3 is 0 Å². The van der Waals surface area contributed by atoms with Gasteiger partial charge in [-0.3, -0.25) is 0 Å². The average molecular weight is 152 g/mol. The van der Waals surface area contributed by atoms with Crippen LogP contribution in [0.4, 0.5) is 0 Å². The van der Waals surface area contributed by atoms with Crippen molar-refractivity contribution in [2.45, 2.75) is 25.4 Å². The standard InChI is InChI=1S/C9H12O2/c1-10-8-3-2-4-9-7(8)5-6-11-9/h5-6,8H,2-4H2,1H3. The quantitative estimate of drug-likeness (QED) is 0.616. The zero-order chi connectivity index (χ0) is 7.68. The lowest BCUT2D eigenvalue weighted by Crippen LogP contribution is -2.08. The van der Waals surface area contributed by atoms with Crippen LogP contribution in [0.3, 0.4) is 0 Å². The Morgan fingerprint density at radius 2 is 2.55 bits per heavy atom. The molecular formula is C9H12O2. The summed E-state index contributed by atoms with van der Waals surface area (Å²) in [5.74, 6) is 1.11. The van der Waals surface area contributed by atoms with Gasteiger partial charge in [-0.25, -0.2) is 0 Å². The van der Waals surface area contributed by atoms with Crippen molar-refractivity contribution in [2.24, 2.45) is 0 Å². The number of furan rings is 1. The highest BCUT2D eigenvalue weighted by Gasteiger charge is 2.21. The van der Waals surface area contributed by atoms with Gasteiger partial charge in [0.25, 0.3) is 0 Å². The molecular weight excluding hydrogens is 140 g/mol. The van der Waals surface area contributed by atoms with Crippen molar-refractivity contribution in [1.29, 1.82) is 0 Å². The third-order valence-corrected chi connectivity index (χ3v) is 2.28. The van der Waals surface area contributed by atoms with E-state index < -0.39 is 0 Å². The second kappa shape index (κ2) is 2.70. The van der Waals surface area contributed by atoms with Crippen molar-refractivity contribution in [3.05, 3.63) is 23.7 Å². The minimum Gasteiger partial charge on any atom is -0.469 e. The van der Waals surface area contributed by atoms with Crippen LogP contribution < -0.4 is 0 Å². The molecule has 0 spiro atoms. The lowest BCUT2D eigenvalue weighted by molar-refractivity contribution is 0.0858. The molecule has 11 heavy (non-hydrogen) atoms. The van der Waals surface area contributed by atoms with Gasteiger partial charge in [0.2, 0.25) is 0 Å². The molecule has 0 saturated carbocycles. The fourth-order valence-corrected chi connectivity index (χ4v) is 1.69. The molecule has 1 atom stereocenters. The zero-order valence-electron chi connectivity index (χ0n) is 6.67. The molecule has 1 unspecified atom stereocenters. The molecule has 0 radical (unpaired) electrons. The molecule has 2 nitrogen and oxygen atoms in total. The van der Waals surface area contributed by atoms with Crippen molar-refractivity contribution in [3.63, 3.8) is 0 Å². The monoisotopic (exact) mass is 152 g/mol. The number of methoxy groups -OCH3 is 1. The van der Waals surface area contributed by atoms with Gasteiger partial charge in [0.15, 0.2) is 0 Å². The molecule has 1 aromatic heterocycles. The number of aryl methyl sites for hydroxylation is 1. The van der Waals surface area contributed by atoms with Crippen molar-refractivity contribution in [1.82, 2.24) is 0 Å². The molecule has 2 rings (SSSR count). The Hall–Kier alpha value is -0.760. The van der Waals surface area contributed by atoms with Crippen LogP contribution in [-0.4, -0.2) is 7.11 Å². The van der Waals surface area contributed by atoms with Gasteiger partial charge in [-0.1, -0.05) is 0 Å². The third kappa shape index (κ3) is 1.07. The van der Waals surface area contributed by atoms with Gasteiger partial charge < -0.3 is 9.15 Å². The Balaban J connectivity index is 2.32. The predicted octanol–water partition coefficient (Wildman–Crippen LogP) is 2.30. The van der Waals surface area contributed by atoms with E-state index in [0.29, 0.717) is 0 Å². The Morgan fingerprint density at radius 3 is 3.36 bits per heavy atom. The van der Waals surface area contributed by atoms with E-state index in [1.165, 1.54) is 12.0 Å². The molecule has 60 valence electrons. The highest BCUT2D eigenvalue weighted by Crippen LogP contribution is 2.32. The first-order valence-electron chi connectivity index (χ1n) is 4.01. The summed E-state index contributed by atoms with van der Waals surface area (Å²) in [5, 5.41) is 0. The second-order valence-corrected chi connectivity index (χ2v) is 2.92. The van der Waals surface area contributed by atoms with Gasteiger partial charge in [-0.05, 0) is 18.9 Å². The van der Waals surface area contributed by atoms with E-state index in [2.05, 4.69) is 0 Å². The van der Waals surface area contributed by atoms with Crippen molar-refractivity contribution < 1.29 is 9.15 Å². The van der Waals surface area contributed by atoms with Crippen LogP contribution in [0.15, 0.2) is 16.7 Å². The van der Waals surface area contributed by atoms with Crippen LogP contribution in [0.25, 0.3) is 0 Å². The van der Waals surface area contributed by atoms with E-state index in [1.807, 2.05) is 6.07 Å². The molecule has 1 aromatic rings. The van der Waals surface area contributed by atoms with Gasteiger partial charge in [-0.2, -0.15) is 0 Å². The number of hydrogen-bond donors (Lipinski definition) is 0. The van der Waals surface area contributed by atoms with E-state index in [0.717, 1.165) is 18.6 Å². The molecule has 0 fully saturated rings. The van der Waals surface area contributed by atoms with E-state index in [4.69, 9.17) is 9.15 Å². The van der Waals surface area contributed by atoms with E-state index >= 15 is 0 Å². The van der Waals surface area contributed by atoms with Crippen LogP contribution in [0, 0.1) is 0 Å². The molecule has 0 saturated heterocycles. The van der Waals surface area contributed by atoms with Gasteiger partial charge in [0.1, 0.15) is 5.76 Å². The maximum Gasteiger partial charge on any atom is 0.109 e. The van der Waals surface area contributed by atoms with Crippen LogP contribution in [0.5, 0.6) is 0 Å². The van der Waals surface area contributed by atoms with Crippen molar-refractivity contribution in [2.75, 3.05) is 7.11 Å². The van der Waals surface area contributed by atoms with Gasteiger partial charge in [0, 0.05) is 19.1 Å². The number of fused-ring (bicyclic) bond motifs is 1.